The molecule has 3 N–H and O–H groups in total. The molecule has 5 aromatic rings. The minimum atomic E-state index is 0.504. The van der Waals surface area contributed by atoms with Crippen LogP contribution in [0.2, 0.25) is 0 Å². The molecule has 1 aromatic carbocycles. The van der Waals surface area contributed by atoms with Gasteiger partial charge in [-0.05, 0) is 33.5 Å². The number of nitrogens with zero attached hydrogens (tertiary/aromatic N) is 6. The van der Waals surface area contributed by atoms with Gasteiger partial charge in [0, 0.05) is 21.8 Å². The molecule has 4 aromatic heterocycles. The molecule has 116 valence electrons. The van der Waals surface area contributed by atoms with E-state index < -0.39 is 0 Å². The molecule has 0 bridgehead atoms. The summed E-state index contributed by atoms with van der Waals surface area (Å²) in [5.41, 5.74) is 9.57. The molecule has 24 heavy (non-hydrogen) atoms. The average Bonchev–Trinajstić information content (AvgIpc) is 3.34. The average molecular weight is 334 g/mol. The summed E-state index contributed by atoms with van der Waals surface area (Å²) in [4.78, 5) is 4.53. The van der Waals surface area contributed by atoms with Crippen LogP contribution in [0, 0.1) is 0 Å². The molecule has 4 heterocycles. The Kier molecular flexibility index (Phi) is 2.65. The minimum absolute atomic E-state index is 0.504. The van der Waals surface area contributed by atoms with Crippen LogP contribution >= 0.6 is 11.3 Å². The van der Waals surface area contributed by atoms with Gasteiger partial charge in [0.2, 0.25) is 0 Å². The van der Waals surface area contributed by atoms with Crippen molar-refractivity contribution < 1.29 is 0 Å². The first-order valence-electron chi connectivity index (χ1n) is 7.16. The Hall–Kier alpha value is -3.33. The molecule has 0 spiro atoms. The number of nitrogen functional groups attached to an aromatic ring is 1. The highest BCUT2D eigenvalue weighted by Gasteiger charge is 2.16. The van der Waals surface area contributed by atoms with E-state index in [1.165, 1.54) is 4.70 Å². The number of aromatic amines is 1. The fraction of sp³-hybridized carbons (Fsp3) is 0. The smallest absolute Gasteiger partial charge is 0.184 e. The molecule has 0 saturated carbocycles. The van der Waals surface area contributed by atoms with E-state index in [0.29, 0.717) is 22.9 Å². The summed E-state index contributed by atoms with van der Waals surface area (Å²) in [6.07, 6.45) is 3.42. The maximum atomic E-state index is 6.38. The van der Waals surface area contributed by atoms with Crippen molar-refractivity contribution in [1.29, 1.82) is 0 Å². The largest absolute Gasteiger partial charge is 0.383 e. The summed E-state index contributed by atoms with van der Waals surface area (Å²) < 4.78 is 2.82. The van der Waals surface area contributed by atoms with Crippen molar-refractivity contribution >= 4 is 32.9 Å². The van der Waals surface area contributed by atoms with Crippen LogP contribution in [0.25, 0.3) is 38.2 Å². The summed E-state index contributed by atoms with van der Waals surface area (Å²) in [7, 11) is 0. The molecule has 0 saturated heterocycles. The molecule has 0 aliphatic rings. The van der Waals surface area contributed by atoms with Crippen LogP contribution in [0.15, 0.2) is 42.0 Å². The fourth-order valence-corrected chi connectivity index (χ4v) is 3.64. The van der Waals surface area contributed by atoms with Gasteiger partial charge < -0.3 is 5.73 Å². The summed E-state index contributed by atoms with van der Waals surface area (Å²) in [5.74, 6) is 1.03. The van der Waals surface area contributed by atoms with Crippen molar-refractivity contribution in [3.05, 3.63) is 42.0 Å². The van der Waals surface area contributed by atoms with Crippen LogP contribution in [-0.4, -0.2) is 35.2 Å². The zero-order valence-corrected chi connectivity index (χ0v) is 13.0. The second-order valence-corrected chi connectivity index (χ2v) is 6.19. The van der Waals surface area contributed by atoms with Crippen molar-refractivity contribution in [2.45, 2.75) is 0 Å². The molecule has 0 amide bonds. The van der Waals surface area contributed by atoms with Crippen LogP contribution in [0.1, 0.15) is 0 Å². The highest BCUT2D eigenvalue weighted by molar-refractivity contribution is 7.17. The predicted octanol–water partition coefficient (Wildman–Crippen LogP) is 2.37. The molecular weight excluding hydrogens is 324 g/mol. The fourth-order valence-electron chi connectivity index (χ4n) is 2.83. The third-order valence-corrected chi connectivity index (χ3v) is 4.83. The second kappa shape index (κ2) is 4.83. The summed E-state index contributed by atoms with van der Waals surface area (Å²) >= 11 is 1.70. The number of anilines is 1. The molecule has 0 fully saturated rings. The van der Waals surface area contributed by atoms with Crippen LogP contribution in [0.5, 0.6) is 0 Å². The molecule has 0 atom stereocenters. The van der Waals surface area contributed by atoms with Crippen LogP contribution in [0.3, 0.4) is 0 Å². The Balaban J connectivity index is 1.77. The molecular formula is C15H10N8S. The number of aromatic nitrogens is 7. The van der Waals surface area contributed by atoms with E-state index in [1.54, 1.807) is 28.2 Å². The molecule has 0 aliphatic heterocycles. The standard InChI is InChI=1S/C15H10N8S/c16-13-10(8-2-1-3-12-9(8)4-5-24-12)6-17-15-11(7-18-23(13)15)14-19-21-22-20-14/h1-7H,16H2,(H,19,20,21,22). The second-order valence-electron chi connectivity index (χ2n) is 5.24. The topological polar surface area (TPSA) is 111 Å². The van der Waals surface area contributed by atoms with Gasteiger partial charge in [-0.15, -0.1) is 16.4 Å². The van der Waals surface area contributed by atoms with E-state index in [0.717, 1.165) is 16.5 Å². The number of hydrogen-bond donors (Lipinski definition) is 2. The van der Waals surface area contributed by atoms with Crippen LogP contribution < -0.4 is 5.73 Å². The van der Waals surface area contributed by atoms with E-state index in [9.17, 15) is 0 Å². The number of H-pyrrole nitrogens is 1. The number of rotatable bonds is 2. The Morgan fingerprint density at radius 2 is 2.04 bits per heavy atom. The SMILES string of the molecule is Nc1c(-c2cccc3sccc23)cnc2c(-c3nnn[nH]3)cnn12. The van der Waals surface area contributed by atoms with E-state index in [4.69, 9.17) is 5.73 Å². The van der Waals surface area contributed by atoms with Gasteiger partial charge in [0.15, 0.2) is 11.5 Å². The molecule has 0 unspecified atom stereocenters. The minimum Gasteiger partial charge on any atom is -0.383 e. The Morgan fingerprint density at radius 3 is 2.92 bits per heavy atom. The maximum absolute atomic E-state index is 6.38. The van der Waals surface area contributed by atoms with Gasteiger partial charge in [-0.2, -0.15) is 9.61 Å². The van der Waals surface area contributed by atoms with Gasteiger partial charge in [0.25, 0.3) is 0 Å². The maximum Gasteiger partial charge on any atom is 0.184 e. The van der Waals surface area contributed by atoms with E-state index in [-0.39, 0.29) is 0 Å². The van der Waals surface area contributed by atoms with E-state index in [2.05, 4.69) is 48.2 Å². The highest BCUT2D eigenvalue weighted by atomic mass is 32.1. The van der Waals surface area contributed by atoms with Crippen molar-refractivity contribution in [3.63, 3.8) is 0 Å². The lowest BCUT2D eigenvalue weighted by molar-refractivity contribution is 0.881. The highest BCUT2D eigenvalue weighted by Crippen LogP contribution is 2.35. The van der Waals surface area contributed by atoms with Gasteiger partial charge in [0.1, 0.15) is 5.82 Å². The number of thiophene rings is 1. The van der Waals surface area contributed by atoms with Gasteiger partial charge in [-0.1, -0.05) is 12.1 Å². The number of nitrogens with two attached hydrogens (primary N) is 1. The summed E-state index contributed by atoms with van der Waals surface area (Å²) in [5, 5.41) is 21.4. The van der Waals surface area contributed by atoms with Crippen molar-refractivity contribution in [1.82, 2.24) is 35.2 Å². The van der Waals surface area contributed by atoms with Crippen LogP contribution in [0.4, 0.5) is 5.82 Å². The molecule has 0 radical (unpaired) electrons. The Labute approximate surface area is 139 Å². The molecule has 5 rings (SSSR count). The summed E-state index contributed by atoms with van der Waals surface area (Å²) in [6, 6.07) is 8.24. The first-order valence-corrected chi connectivity index (χ1v) is 8.04. The van der Waals surface area contributed by atoms with Gasteiger partial charge in [-0.3, -0.25) is 0 Å². The first kappa shape index (κ1) is 13.1. The normalized spacial score (nSPS) is 11.5. The Morgan fingerprint density at radius 1 is 1.08 bits per heavy atom. The van der Waals surface area contributed by atoms with E-state index >= 15 is 0 Å². The van der Waals surface area contributed by atoms with Gasteiger partial charge in [-0.25, -0.2) is 10.1 Å². The zero-order chi connectivity index (χ0) is 16.1. The predicted molar refractivity (Wildman–Crippen MR) is 91.4 cm³/mol. The third kappa shape index (κ3) is 1.75. The lowest BCUT2D eigenvalue weighted by Crippen LogP contribution is -2.03. The number of fused-ring (bicyclic) bond motifs is 2. The number of tetrazole rings is 1. The number of benzene rings is 1. The van der Waals surface area contributed by atoms with Gasteiger partial charge in [0.05, 0.1) is 11.8 Å². The zero-order valence-electron chi connectivity index (χ0n) is 12.2. The number of nitrogens with one attached hydrogen (secondary N) is 1. The van der Waals surface area contributed by atoms with Gasteiger partial charge >= 0.3 is 0 Å². The van der Waals surface area contributed by atoms with Crippen molar-refractivity contribution in [3.8, 4) is 22.5 Å². The third-order valence-electron chi connectivity index (χ3n) is 3.95. The van der Waals surface area contributed by atoms with Crippen molar-refractivity contribution in [2.75, 3.05) is 5.73 Å². The summed E-state index contributed by atoms with van der Waals surface area (Å²) in [6.45, 7) is 0. The lowest BCUT2D eigenvalue weighted by atomic mass is 10.0. The lowest BCUT2D eigenvalue weighted by Gasteiger charge is -2.08. The molecule has 9 heteroatoms. The van der Waals surface area contributed by atoms with E-state index in [1.807, 2.05) is 12.1 Å². The molecule has 0 aliphatic carbocycles. The Bertz CT molecular complexity index is 1170. The van der Waals surface area contributed by atoms with Crippen LogP contribution in [-0.2, 0) is 0 Å². The van der Waals surface area contributed by atoms with Crippen molar-refractivity contribution in [2.24, 2.45) is 0 Å². The quantitative estimate of drug-likeness (QED) is 0.513. The number of hydrogen-bond acceptors (Lipinski definition) is 7. The monoisotopic (exact) mass is 334 g/mol. The first-order chi connectivity index (χ1) is 11.8. The molecule has 8 nitrogen and oxygen atoms in total.